The third-order valence-corrected chi connectivity index (χ3v) is 3.93. The van der Waals surface area contributed by atoms with Gasteiger partial charge in [0.25, 0.3) is 0 Å². The van der Waals surface area contributed by atoms with Gasteiger partial charge in [0.15, 0.2) is 11.6 Å². The second-order valence-corrected chi connectivity index (χ2v) is 5.77. The Bertz CT molecular complexity index is 602. The van der Waals surface area contributed by atoms with E-state index in [1.54, 1.807) is 12.2 Å². The molecule has 2 N–H and O–H groups in total. The summed E-state index contributed by atoms with van der Waals surface area (Å²) in [5.41, 5.74) is 3.78. The molecular weight excluding hydrogens is 276 g/mol. The number of rotatable bonds is 4. The normalized spacial score (nSPS) is 18.5. The minimum Gasteiger partial charge on any atom is -0.357 e. The molecule has 0 heterocycles. The molecule has 2 aliphatic carbocycles. The molecule has 4 nitrogen and oxygen atoms in total. The van der Waals surface area contributed by atoms with E-state index in [9.17, 15) is 9.59 Å². The van der Waals surface area contributed by atoms with Crippen LogP contribution in [-0.4, -0.2) is 11.6 Å². The van der Waals surface area contributed by atoms with Crippen LogP contribution < -0.4 is 10.6 Å². The number of hydrogen-bond acceptors (Lipinski definition) is 4. The van der Waals surface area contributed by atoms with Crippen molar-refractivity contribution in [2.75, 3.05) is 10.6 Å². The second kappa shape index (κ2) is 6.60. The topological polar surface area (TPSA) is 58.2 Å². The predicted octanol–water partition coefficient (Wildman–Crippen LogP) is 3.78. The molecule has 2 aliphatic rings. The van der Waals surface area contributed by atoms with E-state index < -0.39 is 0 Å². The average molecular weight is 296 g/mol. The van der Waals surface area contributed by atoms with Gasteiger partial charge in [-0.15, -0.1) is 0 Å². The fraction of sp³-hybridized carbons (Fsp3) is 0.333. The molecule has 1 aromatic carbocycles. The molecular formula is C18H20N2O2. The number of ketones is 2. The number of carbonyl (C=O) groups is 2. The lowest BCUT2D eigenvalue weighted by atomic mass is 10.0. The number of para-hydroxylation sites is 2. The smallest absolute Gasteiger partial charge is 0.157 e. The van der Waals surface area contributed by atoms with Crippen molar-refractivity contribution in [3.63, 3.8) is 0 Å². The first-order valence-electron chi connectivity index (χ1n) is 7.80. The quantitative estimate of drug-likeness (QED) is 0.887. The summed E-state index contributed by atoms with van der Waals surface area (Å²) in [5.74, 6) is 0.361. The zero-order valence-corrected chi connectivity index (χ0v) is 12.5. The van der Waals surface area contributed by atoms with Gasteiger partial charge in [0.1, 0.15) is 0 Å². The molecule has 0 amide bonds. The lowest BCUT2D eigenvalue weighted by Crippen LogP contribution is -2.12. The third-order valence-electron chi connectivity index (χ3n) is 3.93. The van der Waals surface area contributed by atoms with Crippen molar-refractivity contribution in [3.05, 3.63) is 47.8 Å². The van der Waals surface area contributed by atoms with Gasteiger partial charge in [-0.1, -0.05) is 12.1 Å². The first-order valence-corrected chi connectivity index (χ1v) is 7.80. The summed E-state index contributed by atoms with van der Waals surface area (Å²) in [6.07, 6.45) is 8.25. The maximum Gasteiger partial charge on any atom is 0.157 e. The number of allylic oxidation sites excluding steroid dienone is 4. The summed E-state index contributed by atoms with van der Waals surface area (Å²) in [6.45, 7) is 0. The highest BCUT2D eigenvalue weighted by molar-refractivity contribution is 5.93. The molecule has 0 atom stereocenters. The van der Waals surface area contributed by atoms with E-state index in [1.165, 1.54) is 0 Å². The SMILES string of the molecule is O=C1C=C(Nc2ccccc2NC2=CC(=O)CCC2)CCC1. The zero-order valence-electron chi connectivity index (χ0n) is 12.5. The summed E-state index contributed by atoms with van der Waals surface area (Å²) in [7, 11) is 0. The van der Waals surface area contributed by atoms with Crippen molar-refractivity contribution in [1.82, 2.24) is 0 Å². The molecule has 0 fully saturated rings. The van der Waals surface area contributed by atoms with Crippen LogP contribution in [0, 0.1) is 0 Å². The van der Waals surface area contributed by atoms with Gasteiger partial charge >= 0.3 is 0 Å². The maximum atomic E-state index is 11.5. The van der Waals surface area contributed by atoms with Crippen LogP contribution in [0.2, 0.25) is 0 Å². The predicted molar refractivity (Wildman–Crippen MR) is 87.6 cm³/mol. The minimum atomic E-state index is 0.180. The van der Waals surface area contributed by atoms with Crippen molar-refractivity contribution in [3.8, 4) is 0 Å². The Morgan fingerprint density at radius 3 is 1.55 bits per heavy atom. The molecule has 0 radical (unpaired) electrons. The van der Waals surface area contributed by atoms with Crippen molar-refractivity contribution in [1.29, 1.82) is 0 Å². The molecule has 1 aromatic rings. The zero-order chi connectivity index (χ0) is 15.4. The summed E-state index contributed by atoms with van der Waals surface area (Å²) in [5, 5.41) is 6.69. The number of hydrogen-bond donors (Lipinski definition) is 2. The fourth-order valence-electron chi connectivity index (χ4n) is 2.83. The minimum absolute atomic E-state index is 0.180. The Labute approximate surface area is 130 Å². The van der Waals surface area contributed by atoms with Gasteiger partial charge in [-0.2, -0.15) is 0 Å². The van der Waals surface area contributed by atoms with E-state index in [-0.39, 0.29) is 11.6 Å². The Kier molecular flexibility index (Phi) is 4.37. The molecule has 22 heavy (non-hydrogen) atoms. The van der Waals surface area contributed by atoms with E-state index in [0.717, 1.165) is 48.5 Å². The van der Waals surface area contributed by atoms with Crippen LogP contribution in [0.4, 0.5) is 11.4 Å². The summed E-state index contributed by atoms with van der Waals surface area (Å²) >= 11 is 0. The number of benzene rings is 1. The maximum absolute atomic E-state index is 11.5. The van der Waals surface area contributed by atoms with Gasteiger partial charge in [0.05, 0.1) is 11.4 Å². The number of carbonyl (C=O) groups excluding carboxylic acids is 2. The standard InChI is InChI=1S/C18H20N2O2/c21-15-7-3-5-13(11-15)19-17-9-1-2-10-18(17)20-14-6-4-8-16(22)12-14/h1-2,9-12,19-20H,3-8H2. The van der Waals surface area contributed by atoms with Crippen molar-refractivity contribution in [2.24, 2.45) is 0 Å². The van der Waals surface area contributed by atoms with E-state index in [0.29, 0.717) is 12.8 Å². The van der Waals surface area contributed by atoms with Crippen LogP contribution in [0.25, 0.3) is 0 Å². The van der Waals surface area contributed by atoms with Crippen molar-refractivity contribution in [2.45, 2.75) is 38.5 Å². The molecule has 0 aliphatic heterocycles. The van der Waals surface area contributed by atoms with Crippen LogP contribution in [0.5, 0.6) is 0 Å². The van der Waals surface area contributed by atoms with Crippen LogP contribution in [0.15, 0.2) is 47.8 Å². The fourth-order valence-corrected chi connectivity index (χ4v) is 2.83. The molecule has 0 saturated heterocycles. The lowest BCUT2D eigenvalue weighted by molar-refractivity contribution is -0.115. The highest BCUT2D eigenvalue weighted by atomic mass is 16.1. The molecule has 0 aromatic heterocycles. The lowest BCUT2D eigenvalue weighted by Gasteiger charge is -2.20. The van der Waals surface area contributed by atoms with Gasteiger partial charge in [-0.3, -0.25) is 9.59 Å². The third kappa shape index (κ3) is 3.64. The molecule has 3 rings (SSSR count). The Balaban J connectivity index is 1.78. The first-order chi connectivity index (χ1) is 10.7. The molecule has 0 unspecified atom stereocenters. The first kappa shape index (κ1) is 14.6. The van der Waals surface area contributed by atoms with E-state index in [1.807, 2.05) is 24.3 Å². The average Bonchev–Trinajstić information content (AvgIpc) is 2.49. The van der Waals surface area contributed by atoms with Gasteiger partial charge in [0.2, 0.25) is 0 Å². The van der Waals surface area contributed by atoms with Gasteiger partial charge < -0.3 is 10.6 Å². The van der Waals surface area contributed by atoms with Crippen LogP contribution in [0.1, 0.15) is 38.5 Å². The Morgan fingerprint density at radius 2 is 1.14 bits per heavy atom. The van der Waals surface area contributed by atoms with Crippen molar-refractivity contribution < 1.29 is 9.59 Å². The molecule has 0 spiro atoms. The number of nitrogens with one attached hydrogen (secondary N) is 2. The van der Waals surface area contributed by atoms with E-state index >= 15 is 0 Å². The van der Waals surface area contributed by atoms with Crippen LogP contribution >= 0.6 is 0 Å². The number of anilines is 2. The van der Waals surface area contributed by atoms with Crippen molar-refractivity contribution >= 4 is 22.9 Å². The molecule has 0 bridgehead atoms. The Hall–Kier alpha value is -2.36. The summed E-state index contributed by atoms with van der Waals surface area (Å²) in [4.78, 5) is 23.0. The second-order valence-electron chi connectivity index (χ2n) is 5.77. The molecule has 0 saturated carbocycles. The highest BCUT2D eigenvalue weighted by Crippen LogP contribution is 2.28. The monoisotopic (exact) mass is 296 g/mol. The van der Waals surface area contributed by atoms with E-state index in [2.05, 4.69) is 10.6 Å². The van der Waals surface area contributed by atoms with Gasteiger partial charge in [-0.25, -0.2) is 0 Å². The van der Waals surface area contributed by atoms with Crippen LogP contribution in [-0.2, 0) is 9.59 Å². The molecule has 4 heteroatoms. The molecule has 114 valence electrons. The van der Waals surface area contributed by atoms with Crippen LogP contribution in [0.3, 0.4) is 0 Å². The summed E-state index contributed by atoms with van der Waals surface area (Å²) < 4.78 is 0. The Morgan fingerprint density at radius 1 is 0.682 bits per heavy atom. The van der Waals surface area contributed by atoms with Gasteiger partial charge in [-0.05, 0) is 37.8 Å². The van der Waals surface area contributed by atoms with Gasteiger partial charge in [0, 0.05) is 36.4 Å². The largest absolute Gasteiger partial charge is 0.357 e. The highest BCUT2D eigenvalue weighted by Gasteiger charge is 2.13. The summed E-state index contributed by atoms with van der Waals surface area (Å²) in [6, 6.07) is 7.87. The van der Waals surface area contributed by atoms with E-state index in [4.69, 9.17) is 0 Å².